The van der Waals surface area contributed by atoms with E-state index in [2.05, 4.69) is 36.5 Å². The third kappa shape index (κ3) is 5.12. The van der Waals surface area contributed by atoms with Gasteiger partial charge in [0.2, 0.25) is 0 Å². The lowest BCUT2D eigenvalue weighted by Crippen LogP contribution is -2.49. The van der Waals surface area contributed by atoms with Crippen LogP contribution in [0.15, 0.2) is 53.8 Å². The molecule has 2 aromatic carbocycles. The van der Waals surface area contributed by atoms with Crippen molar-refractivity contribution >= 4 is 28.8 Å². The summed E-state index contributed by atoms with van der Waals surface area (Å²) in [6, 6.07) is 13.7. The molecule has 208 valence electrons. The number of phenols is 1. The van der Waals surface area contributed by atoms with Crippen LogP contribution in [-0.4, -0.2) is 87.2 Å². The van der Waals surface area contributed by atoms with Gasteiger partial charge < -0.3 is 20.5 Å². The van der Waals surface area contributed by atoms with E-state index in [0.717, 1.165) is 74.2 Å². The second kappa shape index (κ2) is 11.2. The fraction of sp³-hybridized carbons (Fsp3) is 0.400. The Hall–Kier alpha value is -4.02. The van der Waals surface area contributed by atoms with Gasteiger partial charge in [0.25, 0.3) is 0 Å². The van der Waals surface area contributed by atoms with Gasteiger partial charge in [-0.1, -0.05) is 18.2 Å². The maximum Gasteiger partial charge on any atom is 0.164 e. The van der Waals surface area contributed by atoms with E-state index in [1.165, 1.54) is 6.33 Å². The maximum atomic E-state index is 10.1. The highest BCUT2D eigenvalue weighted by molar-refractivity contribution is 5.98. The first-order chi connectivity index (χ1) is 19.5. The van der Waals surface area contributed by atoms with Gasteiger partial charge in [0, 0.05) is 49.6 Å². The number of anilines is 1. The van der Waals surface area contributed by atoms with E-state index >= 15 is 0 Å². The van der Waals surface area contributed by atoms with Gasteiger partial charge in [-0.05, 0) is 57.0 Å². The average molecular weight is 541 g/mol. The van der Waals surface area contributed by atoms with E-state index < -0.39 is 0 Å². The number of rotatable bonds is 6. The summed E-state index contributed by atoms with van der Waals surface area (Å²) in [6.45, 7) is 4.59. The van der Waals surface area contributed by atoms with Crippen LogP contribution in [0.4, 0.5) is 11.5 Å². The Labute approximate surface area is 234 Å². The Balaban J connectivity index is 1.28. The molecule has 4 aromatic rings. The number of ether oxygens (including phenoxy) is 1. The van der Waals surface area contributed by atoms with Gasteiger partial charge in [-0.25, -0.2) is 14.6 Å². The van der Waals surface area contributed by atoms with Crippen LogP contribution in [0.25, 0.3) is 22.3 Å². The molecular formula is C30H36N8O2. The quantitative estimate of drug-likeness (QED) is 0.348. The zero-order valence-electron chi connectivity index (χ0n) is 23.1. The molecule has 0 spiro atoms. The van der Waals surface area contributed by atoms with Crippen molar-refractivity contribution in [3.8, 4) is 22.8 Å². The molecule has 0 atom stereocenters. The highest BCUT2D eigenvalue weighted by Crippen LogP contribution is 2.39. The zero-order chi connectivity index (χ0) is 27.6. The van der Waals surface area contributed by atoms with Crippen molar-refractivity contribution in [3.63, 3.8) is 0 Å². The van der Waals surface area contributed by atoms with Crippen LogP contribution in [0.2, 0.25) is 0 Å². The molecule has 0 unspecified atom stereocenters. The predicted octanol–water partition coefficient (Wildman–Crippen LogP) is 4.27. The molecule has 0 radical (unpaired) electrons. The summed E-state index contributed by atoms with van der Waals surface area (Å²) >= 11 is 0. The van der Waals surface area contributed by atoms with Crippen molar-refractivity contribution in [2.24, 2.45) is 4.99 Å². The van der Waals surface area contributed by atoms with Crippen LogP contribution in [-0.2, 0) is 0 Å². The standard InChI is InChI=1S/C30H36N8O2/c1-36-13-15-37(16-14-36)22-8-10-23(11-9-22)38-30-27(29(31)33-19-34-30)28(35-38)20-7-12-24(26(17-20)40-2)32-18-21-5-3-4-6-25(21)39/h3-7,12,17-19,22-23,39H,8-11,13-16H2,1-2H3,(H2,31,33,34)/t22-,23-. The minimum absolute atomic E-state index is 0.173. The molecule has 3 N–H and O–H groups in total. The average Bonchev–Trinajstić information content (AvgIpc) is 3.38. The first-order valence-electron chi connectivity index (χ1n) is 13.9. The summed E-state index contributed by atoms with van der Waals surface area (Å²) in [5.41, 5.74) is 10.0. The fourth-order valence-electron chi connectivity index (χ4n) is 5.97. The van der Waals surface area contributed by atoms with Gasteiger partial charge in [-0.2, -0.15) is 5.10 Å². The lowest BCUT2D eigenvalue weighted by molar-refractivity contribution is 0.0815. The van der Waals surface area contributed by atoms with Crippen LogP contribution in [0.3, 0.4) is 0 Å². The molecule has 2 aromatic heterocycles. The number of aromatic nitrogens is 4. The number of hydrogen-bond donors (Lipinski definition) is 2. The van der Waals surface area contributed by atoms with Crippen LogP contribution < -0.4 is 10.5 Å². The first kappa shape index (κ1) is 26.2. The number of phenolic OH excluding ortho intramolecular Hbond substituents is 1. The molecule has 2 aliphatic rings. The van der Waals surface area contributed by atoms with Gasteiger partial charge >= 0.3 is 0 Å². The summed E-state index contributed by atoms with van der Waals surface area (Å²) < 4.78 is 7.76. The summed E-state index contributed by atoms with van der Waals surface area (Å²) in [5, 5.41) is 15.9. The normalized spacial score (nSPS) is 20.9. The molecule has 6 rings (SSSR count). The molecule has 40 heavy (non-hydrogen) atoms. The number of fused-ring (bicyclic) bond motifs is 1. The monoisotopic (exact) mass is 540 g/mol. The maximum absolute atomic E-state index is 10.1. The number of likely N-dealkylation sites (N-methyl/N-ethyl adjacent to an activating group) is 1. The van der Waals surface area contributed by atoms with Crippen LogP contribution in [0.5, 0.6) is 11.5 Å². The Kier molecular flexibility index (Phi) is 7.36. The highest BCUT2D eigenvalue weighted by atomic mass is 16.5. The van der Waals surface area contributed by atoms with Gasteiger partial charge in [0.15, 0.2) is 5.65 Å². The number of para-hydroxylation sites is 1. The smallest absolute Gasteiger partial charge is 0.164 e. The molecule has 1 saturated carbocycles. The third-order valence-electron chi connectivity index (χ3n) is 8.32. The van der Waals surface area contributed by atoms with Gasteiger partial charge in [0.05, 0.1) is 18.5 Å². The molecule has 10 nitrogen and oxygen atoms in total. The zero-order valence-corrected chi connectivity index (χ0v) is 23.1. The van der Waals surface area contributed by atoms with E-state index in [1.54, 1.807) is 31.5 Å². The molecule has 0 bridgehead atoms. The number of aromatic hydroxyl groups is 1. The number of piperazine rings is 1. The summed E-state index contributed by atoms with van der Waals surface area (Å²) in [7, 11) is 3.82. The van der Waals surface area contributed by atoms with Crippen LogP contribution >= 0.6 is 0 Å². The Morgan fingerprint density at radius 3 is 2.50 bits per heavy atom. The molecule has 1 saturated heterocycles. The lowest BCUT2D eigenvalue weighted by atomic mass is 9.90. The molecule has 2 fully saturated rings. The number of nitrogens with zero attached hydrogens (tertiary/aromatic N) is 7. The minimum Gasteiger partial charge on any atom is -0.507 e. The van der Waals surface area contributed by atoms with E-state index in [-0.39, 0.29) is 11.8 Å². The first-order valence-corrected chi connectivity index (χ1v) is 13.9. The Morgan fingerprint density at radius 2 is 1.75 bits per heavy atom. The van der Waals surface area contributed by atoms with Crippen molar-refractivity contribution in [1.29, 1.82) is 0 Å². The van der Waals surface area contributed by atoms with E-state index in [4.69, 9.17) is 15.6 Å². The summed E-state index contributed by atoms with van der Waals surface area (Å²) in [5.74, 6) is 1.18. The predicted molar refractivity (Wildman–Crippen MR) is 157 cm³/mol. The number of methoxy groups -OCH3 is 1. The summed E-state index contributed by atoms with van der Waals surface area (Å²) in [4.78, 5) is 18.5. The number of nitrogen functional groups attached to an aromatic ring is 1. The van der Waals surface area contributed by atoms with Gasteiger partial charge in [-0.3, -0.25) is 9.89 Å². The number of benzene rings is 2. The second-order valence-corrected chi connectivity index (χ2v) is 10.8. The molecule has 0 amide bonds. The van der Waals surface area contributed by atoms with Crippen LogP contribution in [0.1, 0.15) is 37.3 Å². The number of hydrogen-bond acceptors (Lipinski definition) is 9. The molecular weight excluding hydrogens is 504 g/mol. The van der Waals surface area contributed by atoms with E-state index in [1.807, 2.05) is 24.3 Å². The highest BCUT2D eigenvalue weighted by Gasteiger charge is 2.30. The summed E-state index contributed by atoms with van der Waals surface area (Å²) in [6.07, 6.45) is 7.57. The fourth-order valence-corrected chi connectivity index (χ4v) is 5.97. The molecule has 10 heteroatoms. The minimum atomic E-state index is 0.173. The SMILES string of the molecule is COc1cc(-c2nn([C@H]3CC[C@H](N4CCN(C)CC4)CC3)c3ncnc(N)c23)ccc1N=Cc1ccccc1O. The molecule has 3 heterocycles. The largest absolute Gasteiger partial charge is 0.507 e. The number of nitrogens with two attached hydrogens (primary N) is 1. The van der Waals surface area contributed by atoms with E-state index in [0.29, 0.717) is 28.9 Å². The third-order valence-corrected chi connectivity index (χ3v) is 8.32. The van der Waals surface area contributed by atoms with Crippen molar-refractivity contribution in [2.75, 3.05) is 46.1 Å². The number of aliphatic imine (C=N–C) groups is 1. The van der Waals surface area contributed by atoms with Crippen molar-refractivity contribution in [3.05, 3.63) is 54.4 Å². The Bertz CT molecular complexity index is 1520. The van der Waals surface area contributed by atoms with E-state index in [9.17, 15) is 5.11 Å². The van der Waals surface area contributed by atoms with Crippen molar-refractivity contribution in [2.45, 2.75) is 37.8 Å². The van der Waals surface area contributed by atoms with Crippen molar-refractivity contribution in [1.82, 2.24) is 29.5 Å². The van der Waals surface area contributed by atoms with Gasteiger partial charge in [0.1, 0.15) is 35.0 Å². The van der Waals surface area contributed by atoms with Crippen molar-refractivity contribution < 1.29 is 9.84 Å². The Morgan fingerprint density at radius 1 is 1.00 bits per heavy atom. The molecule has 1 aliphatic carbocycles. The second-order valence-electron chi connectivity index (χ2n) is 10.8. The topological polar surface area (TPSA) is 118 Å². The lowest BCUT2D eigenvalue weighted by Gasteiger charge is -2.41. The van der Waals surface area contributed by atoms with Gasteiger partial charge in [-0.15, -0.1) is 0 Å². The van der Waals surface area contributed by atoms with Crippen LogP contribution in [0, 0.1) is 0 Å². The molecule has 1 aliphatic heterocycles.